The normalized spacial score (nSPS) is 19.7. The molecule has 0 unspecified atom stereocenters. The second-order valence-corrected chi connectivity index (χ2v) is 8.53. The van der Waals surface area contributed by atoms with Crippen LogP contribution < -0.4 is 10.5 Å². The van der Waals surface area contributed by atoms with Crippen molar-refractivity contribution in [3.05, 3.63) is 29.6 Å². The molecule has 0 saturated heterocycles. The predicted molar refractivity (Wildman–Crippen MR) is 95.1 cm³/mol. The molecule has 1 aromatic carbocycles. The van der Waals surface area contributed by atoms with E-state index in [1.54, 1.807) is 0 Å². The fourth-order valence-corrected chi connectivity index (χ4v) is 4.29. The van der Waals surface area contributed by atoms with Crippen molar-refractivity contribution in [2.24, 2.45) is 5.14 Å². The lowest BCUT2D eigenvalue weighted by Crippen LogP contribution is -2.25. The molecule has 1 atom stereocenters. The lowest BCUT2D eigenvalue weighted by molar-refractivity contribution is 0.322. The quantitative estimate of drug-likeness (QED) is 0.381. The fourth-order valence-electron chi connectivity index (χ4n) is 2.77. The number of aliphatic hydroxyl groups is 1. The molecule has 0 spiro atoms. The summed E-state index contributed by atoms with van der Waals surface area (Å²) in [5, 5.41) is 16.6. The minimum absolute atomic E-state index is 0.0758. The summed E-state index contributed by atoms with van der Waals surface area (Å²) in [6.45, 7) is -0.377. The van der Waals surface area contributed by atoms with E-state index in [-0.39, 0.29) is 18.4 Å². The highest BCUT2D eigenvalue weighted by Gasteiger charge is 2.32. The highest BCUT2D eigenvalue weighted by Crippen LogP contribution is 2.38. The number of benzene rings is 1. The molecule has 0 heterocycles. The number of sulfonamides is 1. The molecule has 0 bridgehead atoms. The Morgan fingerprint density at radius 2 is 1.92 bits per heavy atom. The van der Waals surface area contributed by atoms with Gasteiger partial charge in [-0.25, -0.2) is 26.7 Å². The standard InChI is InChI=1S/C16H21F3N2O3S2/c17-11-12(18)16(26(20,23)24)14(13(19)15(11)25-9-8-22)21-10-6-4-2-1-3-5-7-10/h2,4,10,21-22H,1,3,5-9H2,(H2,20,23,24)/b4-2-/t10-/m1/s1. The minimum atomic E-state index is -4.71. The molecule has 0 saturated carbocycles. The molecule has 26 heavy (non-hydrogen) atoms. The zero-order chi connectivity index (χ0) is 19.3. The van der Waals surface area contributed by atoms with Gasteiger partial charge in [-0.2, -0.15) is 0 Å². The van der Waals surface area contributed by atoms with Gasteiger partial charge in [0.15, 0.2) is 17.5 Å². The van der Waals surface area contributed by atoms with Crippen molar-refractivity contribution in [2.45, 2.75) is 47.9 Å². The van der Waals surface area contributed by atoms with Crippen LogP contribution in [0.25, 0.3) is 0 Å². The van der Waals surface area contributed by atoms with E-state index in [2.05, 4.69) is 5.32 Å². The summed E-state index contributed by atoms with van der Waals surface area (Å²) in [6.07, 6.45) is 7.63. The maximum atomic E-state index is 14.9. The molecule has 0 aliphatic heterocycles. The average Bonchev–Trinajstić information content (AvgIpc) is 2.53. The van der Waals surface area contributed by atoms with Crippen molar-refractivity contribution < 1.29 is 26.7 Å². The van der Waals surface area contributed by atoms with Crippen LogP contribution in [0.15, 0.2) is 21.9 Å². The number of hydrogen-bond donors (Lipinski definition) is 3. The fraction of sp³-hybridized carbons (Fsp3) is 0.500. The van der Waals surface area contributed by atoms with Crippen LogP contribution in [-0.2, 0) is 10.0 Å². The van der Waals surface area contributed by atoms with Gasteiger partial charge in [0.25, 0.3) is 0 Å². The molecule has 0 aromatic heterocycles. The van der Waals surface area contributed by atoms with E-state index in [9.17, 15) is 21.6 Å². The Balaban J connectivity index is 2.54. The number of thioether (sulfide) groups is 1. The Morgan fingerprint density at radius 1 is 1.19 bits per heavy atom. The number of allylic oxidation sites excluding steroid dienone is 1. The number of aliphatic hydroxyl groups excluding tert-OH is 1. The number of anilines is 1. The molecule has 2 rings (SSSR count). The largest absolute Gasteiger partial charge is 0.396 e. The Hall–Kier alpha value is -1.23. The van der Waals surface area contributed by atoms with Gasteiger partial charge < -0.3 is 10.4 Å². The second-order valence-electron chi connectivity index (χ2n) is 5.93. The van der Waals surface area contributed by atoms with Crippen molar-refractivity contribution in [1.82, 2.24) is 0 Å². The van der Waals surface area contributed by atoms with Crippen molar-refractivity contribution in [2.75, 3.05) is 17.7 Å². The van der Waals surface area contributed by atoms with Gasteiger partial charge in [-0.1, -0.05) is 18.6 Å². The summed E-state index contributed by atoms with van der Waals surface area (Å²) in [5.41, 5.74) is -0.661. The van der Waals surface area contributed by atoms with Gasteiger partial charge in [0.05, 0.1) is 17.2 Å². The maximum Gasteiger partial charge on any atom is 0.243 e. The molecule has 4 N–H and O–H groups in total. The monoisotopic (exact) mass is 410 g/mol. The van der Waals surface area contributed by atoms with Gasteiger partial charge in [-0.05, 0) is 25.7 Å². The summed E-state index contributed by atoms with van der Waals surface area (Å²) in [6, 6.07) is -0.345. The van der Waals surface area contributed by atoms with Crippen molar-refractivity contribution in [3.8, 4) is 0 Å². The van der Waals surface area contributed by atoms with E-state index in [1.165, 1.54) is 0 Å². The van der Waals surface area contributed by atoms with Crippen LogP contribution in [0.3, 0.4) is 0 Å². The Bertz CT molecular complexity index is 786. The lowest BCUT2D eigenvalue weighted by atomic mass is 10.0. The Morgan fingerprint density at radius 3 is 2.58 bits per heavy atom. The minimum Gasteiger partial charge on any atom is -0.396 e. The smallest absolute Gasteiger partial charge is 0.243 e. The first kappa shape index (κ1) is 21.1. The molecular weight excluding hydrogens is 389 g/mol. The summed E-state index contributed by atoms with van der Waals surface area (Å²) in [4.78, 5) is -1.90. The SMILES string of the molecule is NS(=O)(=O)c1c(F)c(F)c(SCCO)c(F)c1N[C@@H]1C/C=C\CCCC1. The molecule has 0 fully saturated rings. The molecule has 10 heteroatoms. The van der Waals surface area contributed by atoms with Crippen molar-refractivity contribution >= 4 is 27.5 Å². The molecule has 146 valence electrons. The Kier molecular flexibility index (Phi) is 7.39. The molecule has 1 aliphatic carbocycles. The summed E-state index contributed by atoms with van der Waals surface area (Å²) < 4.78 is 67.0. The van der Waals surface area contributed by atoms with E-state index in [0.29, 0.717) is 24.6 Å². The van der Waals surface area contributed by atoms with Crippen LogP contribution in [0.5, 0.6) is 0 Å². The number of halogens is 3. The van der Waals surface area contributed by atoms with E-state index in [0.717, 1.165) is 19.3 Å². The van der Waals surface area contributed by atoms with E-state index >= 15 is 0 Å². The zero-order valence-electron chi connectivity index (χ0n) is 14.0. The predicted octanol–water partition coefficient (Wildman–Crippen LogP) is 3.14. The molecule has 1 aliphatic rings. The lowest BCUT2D eigenvalue weighted by Gasteiger charge is -2.23. The number of primary sulfonamides is 1. The number of nitrogens with one attached hydrogen (secondary N) is 1. The number of rotatable bonds is 6. The first-order valence-corrected chi connectivity index (χ1v) is 10.7. The third-order valence-electron chi connectivity index (χ3n) is 3.97. The third kappa shape index (κ3) is 4.93. The highest BCUT2D eigenvalue weighted by molar-refractivity contribution is 7.99. The van der Waals surface area contributed by atoms with E-state index in [4.69, 9.17) is 10.2 Å². The summed E-state index contributed by atoms with van der Waals surface area (Å²) in [7, 11) is -4.71. The molecule has 0 radical (unpaired) electrons. The van der Waals surface area contributed by atoms with Gasteiger partial charge in [0.2, 0.25) is 10.0 Å². The summed E-state index contributed by atoms with van der Waals surface area (Å²) >= 11 is 0.561. The van der Waals surface area contributed by atoms with Crippen LogP contribution in [0.2, 0.25) is 0 Å². The van der Waals surface area contributed by atoms with Crippen LogP contribution in [-0.4, -0.2) is 31.9 Å². The van der Waals surface area contributed by atoms with Gasteiger partial charge in [-0.3, -0.25) is 0 Å². The molecule has 5 nitrogen and oxygen atoms in total. The molecule has 0 amide bonds. The van der Waals surface area contributed by atoms with Gasteiger partial charge in [0.1, 0.15) is 4.90 Å². The van der Waals surface area contributed by atoms with E-state index < -0.39 is 43.0 Å². The molecule has 1 aromatic rings. The first-order chi connectivity index (χ1) is 12.3. The molecular formula is C16H21F3N2O3S2. The average molecular weight is 410 g/mol. The van der Waals surface area contributed by atoms with Crippen LogP contribution in [0, 0.1) is 17.5 Å². The van der Waals surface area contributed by atoms with Crippen LogP contribution >= 0.6 is 11.8 Å². The van der Waals surface area contributed by atoms with Crippen molar-refractivity contribution in [1.29, 1.82) is 0 Å². The van der Waals surface area contributed by atoms with Crippen LogP contribution in [0.4, 0.5) is 18.9 Å². The van der Waals surface area contributed by atoms with Gasteiger partial charge >= 0.3 is 0 Å². The first-order valence-electron chi connectivity index (χ1n) is 8.15. The third-order valence-corrected chi connectivity index (χ3v) is 5.95. The highest BCUT2D eigenvalue weighted by atomic mass is 32.2. The summed E-state index contributed by atoms with van der Waals surface area (Å²) in [5.74, 6) is -4.66. The van der Waals surface area contributed by atoms with Gasteiger partial charge in [0, 0.05) is 11.8 Å². The van der Waals surface area contributed by atoms with E-state index in [1.807, 2.05) is 12.2 Å². The second kappa shape index (κ2) is 9.12. The maximum absolute atomic E-state index is 14.9. The Labute approximate surface area is 154 Å². The number of hydrogen-bond acceptors (Lipinski definition) is 5. The van der Waals surface area contributed by atoms with Crippen LogP contribution in [0.1, 0.15) is 32.1 Å². The van der Waals surface area contributed by atoms with Crippen molar-refractivity contribution in [3.63, 3.8) is 0 Å². The van der Waals surface area contributed by atoms with Gasteiger partial charge in [-0.15, -0.1) is 11.8 Å². The topological polar surface area (TPSA) is 92.4 Å². The zero-order valence-corrected chi connectivity index (χ0v) is 15.6. The number of nitrogens with two attached hydrogens (primary N) is 1.